The maximum atomic E-state index is 11.4. The maximum Gasteiger partial charge on any atom is 0.392 e. The van der Waals surface area contributed by atoms with Gasteiger partial charge < -0.3 is 10.3 Å². The summed E-state index contributed by atoms with van der Waals surface area (Å²) in [6.45, 7) is 4.97. The Labute approximate surface area is 97.1 Å². The summed E-state index contributed by atoms with van der Waals surface area (Å²) < 4.78 is 4.93. The van der Waals surface area contributed by atoms with Crippen molar-refractivity contribution in [2.45, 2.75) is 26.4 Å². The molecular formula is C10H11N3O4. The topological polar surface area (TPSA) is 109 Å². The Kier molecular flexibility index (Phi) is 3.24. The fourth-order valence-electron chi connectivity index (χ4n) is 1.14. The van der Waals surface area contributed by atoms with Gasteiger partial charge in [0.15, 0.2) is 0 Å². The first-order valence-corrected chi connectivity index (χ1v) is 4.77. The molecule has 0 atom stereocenters. The molecule has 1 rings (SSSR count). The Morgan fingerprint density at radius 3 is 2.41 bits per heavy atom. The molecule has 0 aromatic carbocycles. The lowest BCUT2D eigenvalue weighted by molar-refractivity contribution is -0.148. The van der Waals surface area contributed by atoms with E-state index in [0.29, 0.717) is 0 Å². The summed E-state index contributed by atoms with van der Waals surface area (Å²) in [6.07, 6.45) is 0.820. The maximum absolute atomic E-state index is 11.4. The Bertz CT molecular complexity index is 478. The van der Waals surface area contributed by atoms with Crippen LogP contribution in [0.1, 0.15) is 20.8 Å². The van der Waals surface area contributed by atoms with Crippen molar-refractivity contribution in [2.75, 3.05) is 0 Å². The molecule has 0 aromatic heterocycles. The van der Waals surface area contributed by atoms with Gasteiger partial charge in [0.2, 0.25) is 0 Å². The number of imide groups is 1. The quantitative estimate of drug-likeness (QED) is 0.219. The first-order valence-electron chi connectivity index (χ1n) is 4.77. The van der Waals surface area contributed by atoms with Crippen molar-refractivity contribution in [1.29, 1.82) is 0 Å². The van der Waals surface area contributed by atoms with Gasteiger partial charge in [-0.15, -0.1) is 0 Å². The van der Waals surface area contributed by atoms with E-state index in [-0.39, 0.29) is 5.57 Å². The third-order valence-electron chi connectivity index (χ3n) is 1.71. The van der Waals surface area contributed by atoms with Gasteiger partial charge in [-0.1, -0.05) is 0 Å². The predicted molar refractivity (Wildman–Crippen MR) is 55.7 cm³/mol. The molecule has 1 aliphatic rings. The summed E-state index contributed by atoms with van der Waals surface area (Å²) in [7, 11) is 0. The Balaban J connectivity index is 3.00. The van der Waals surface area contributed by atoms with Crippen LogP contribution in [0.25, 0.3) is 5.53 Å². The van der Waals surface area contributed by atoms with Crippen LogP contribution in [0.2, 0.25) is 0 Å². The van der Waals surface area contributed by atoms with E-state index >= 15 is 0 Å². The molecule has 90 valence electrons. The number of carbonyl (C=O) groups excluding carboxylic acids is 3. The smallest absolute Gasteiger partial charge is 0.392 e. The number of hydrogen-bond donors (Lipinski definition) is 1. The molecule has 0 unspecified atom stereocenters. The summed E-state index contributed by atoms with van der Waals surface area (Å²) in [5.74, 6) is -2.44. The molecular weight excluding hydrogens is 226 g/mol. The van der Waals surface area contributed by atoms with Crippen LogP contribution >= 0.6 is 0 Å². The molecule has 0 aromatic rings. The minimum atomic E-state index is -0.854. The minimum Gasteiger partial charge on any atom is -0.457 e. The Morgan fingerprint density at radius 1 is 1.35 bits per heavy atom. The molecule has 1 N–H and O–H groups in total. The van der Waals surface area contributed by atoms with E-state index in [0.717, 1.165) is 6.08 Å². The normalized spacial score (nSPS) is 18.1. The van der Waals surface area contributed by atoms with Crippen LogP contribution in [0, 0.1) is 0 Å². The van der Waals surface area contributed by atoms with Gasteiger partial charge in [-0.2, -0.15) is 4.79 Å². The molecule has 7 heteroatoms. The number of carbonyl (C=O) groups is 3. The monoisotopic (exact) mass is 237 g/mol. The zero-order chi connectivity index (χ0) is 13.2. The highest BCUT2D eigenvalue weighted by atomic mass is 16.6. The molecule has 1 heterocycles. The molecule has 2 amide bonds. The van der Waals surface area contributed by atoms with Crippen LogP contribution in [0.5, 0.6) is 0 Å². The van der Waals surface area contributed by atoms with Gasteiger partial charge in [-0.3, -0.25) is 14.9 Å². The average Bonchev–Trinajstić information content (AvgIpc) is 2.38. The van der Waals surface area contributed by atoms with Crippen LogP contribution in [-0.2, 0) is 19.1 Å². The molecule has 0 spiro atoms. The molecule has 1 fully saturated rings. The molecule has 0 radical (unpaired) electrons. The van der Waals surface area contributed by atoms with Crippen molar-refractivity contribution in [2.24, 2.45) is 0 Å². The molecule has 1 aliphatic heterocycles. The largest absolute Gasteiger partial charge is 0.457 e. The van der Waals surface area contributed by atoms with Crippen LogP contribution in [0.15, 0.2) is 11.6 Å². The number of amides is 2. The van der Waals surface area contributed by atoms with E-state index in [1.165, 1.54) is 0 Å². The van der Waals surface area contributed by atoms with Gasteiger partial charge in [-0.25, -0.2) is 4.79 Å². The zero-order valence-electron chi connectivity index (χ0n) is 9.60. The summed E-state index contributed by atoms with van der Waals surface area (Å²) in [5, 5.41) is 1.89. The molecule has 0 saturated carbocycles. The second-order valence-corrected chi connectivity index (χ2v) is 4.32. The van der Waals surface area contributed by atoms with Crippen molar-refractivity contribution < 1.29 is 23.9 Å². The zero-order valence-corrected chi connectivity index (χ0v) is 9.60. The third-order valence-corrected chi connectivity index (χ3v) is 1.71. The van der Waals surface area contributed by atoms with Gasteiger partial charge in [0.25, 0.3) is 5.91 Å². The van der Waals surface area contributed by atoms with Crippen molar-refractivity contribution in [3.63, 3.8) is 0 Å². The fraction of sp³-hybridized carbons (Fsp3) is 0.400. The summed E-state index contributed by atoms with van der Waals surface area (Å²) >= 11 is 0. The number of ether oxygens (including phenoxy) is 1. The number of esters is 1. The van der Waals surface area contributed by atoms with E-state index < -0.39 is 29.1 Å². The first-order chi connectivity index (χ1) is 7.74. The van der Waals surface area contributed by atoms with Gasteiger partial charge in [0.05, 0.1) is 0 Å². The van der Waals surface area contributed by atoms with Gasteiger partial charge in [-0.05, 0) is 20.8 Å². The predicted octanol–water partition coefficient (Wildman–Crippen LogP) is -0.418. The molecule has 0 bridgehead atoms. The highest BCUT2D eigenvalue weighted by molar-refractivity contribution is 6.57. The highest BCUT2D eigenvalue weighted by Crippen LogP contribution is 2.10. The molecule has 1 saturated heterocycles. The van der Waals surface area contributed by atoms with Crippen molar-refractivity contribution in [3.05, 3.63) is 17.2 Å². The van der Waals surface area contributed by atoms with Crippen LogP contribution < -0.4 is 5.32 Å². The lowest BCUT2D eigenvalue weighted by atomic mass is 10.1. The molecule has 7 nitrogen and oxygen atoms in total. The molecule has 0 aliphatic carbocycles. The SMILES string of the molecule is CC(C)(C)OC(=O)/C=C1\C(=O)NC(=O)C1=[N+]=[N-]. The average molecular weight is 237 g/mol. The highest BCUT2D eigenvalue weighted by Gasteiger charge is 2.40. The lowest BCUT2D eigenvalue weighted by Crippen LogP contribution is -2.23. The van der Waals surface area contributed by atoms with Crippen LogP contribution in [-0.4, -0.2) is 33.9 Å². The van der Waals surface area contributed by atoms with E-state index in [4.69, 9.17) is 10.3 Å². The fourth-order valence-corrected chi connectivity index (χ4v) is 1.14. The minimum absolute atomic E-state index is 0.313. The Morgan fingerprint density at radius 2 is 1.94 bits per heavy atom. The second-order valence-electron chi connectivity index (χ2n) is 4.32. The van der Waals surface area contributed by atoms with Gasteiger partial charge in [0.1, 0.15) is 11.2 Å². The van der Waals surface area contributed by atoms with E-state index in [9.17, 15) is 14.4 Å². The van der Waals surface area contributed by atoms with E-state index in [1.54, 1.807) is 20.8 Å². The third kappa shape index (κ3) is 3.09. The van der Waals surface area contributed by atoms with Crippen LogP contribution in [0.4, 0.5) is 0 Å². The molecule has 17 heavy (non-hydrogen) atoms. The Hall–Kier alpha value is -2.27. The van der Waals surface area contributed by atoms with Crippen LogP contribution in [0.3, 0.4) is 0 Å². The van der Waals surface area contributed by atoms with E-state index in [1.807, 2.05) is 5.32 Å². The summed E-state index contributed by atoms with van der Waals surface area (Å²) in [4.78, 5) is 36.4. The van der Waals surface area contributed by atoms with Gasteiger partial charge >= 0.3 is 17.6 Å². The lowest BCUT2D eigenvalue weighted by Gasteiger charge is -2.17. The van der Waals surface area contributed by atoms with E-state index in [2.05, 4.69) is 4.79 Å². The van der Waals surface area contributed by atoms with Crippen molar-refractivity contribution in [3.8, 4) is 0 Å². The van der Waals surface area contributed by atoms with Crippen molar-refractivity contribution >= 4 is 23.5 Å². The first kappa shape index (κ1) is 12.8. The van der Waals surface area contributed by atoms with Crippen molar-refractivity contribution in [1.82, 2.24) is 5.32 Å². The number of rotatable bonds is 1. The number of hydrogen-bond acceptors (Lipinski definition) is 4. The second kappa shape index (κ2) is 4.31. The summed E-state index contributed by atoms with van der Waals surface area (Å²) in [6, 6.07) is 0. The standard InChI is InChI=1S/C10H11N3O4/c1-10(2,3)17-6(14)4-5-7(13-11)9(16)12-8(5)15/h4H,1-3H3,(H,12,15,16)/b5-4-. The number of nitrogens with zero attached hydrogens (tertiary/aromatic N) is 2. The summed E-state index contributed by atoms with van der Waals surface area (Å²) in [5.41, 5.74) is 7.02. The number of nitrogens with one attached hydrogen (secondary N) is 1. The van der Waals surface area contributed by atoms with Gasteiger partial charge in [0, 0.05) is 6.08 Å².